The Kier molecular flexibility index (Phi) is 5.57. The van der Waals surface area contributed by atoms with Gasteiger partial charge < -0.3 is 5.11 Å². The Bertz CT molecular complexity index is 419. The van der Waals surface area contributed by atoms with Crippen LogP contribution < -0.4 is 0 Å². The molecule has 0 spiro atoms. The molecule has 2 rings (SSSR count). The van der Waals surface area contributed by atoms with Crippen LogP contribution in [0.1, 0.15) is 69.0 Å². The van der Waals surface area contributed by atoms with E-state index in [-0.39, 0.29) is 5.92 Å². The van der Waals surface area contributed by atoms with Gasteiger partial charge in [0.25, 0.3) is 0 Å². The van der Waals surface area contributed by atoms with Crippen molar-refractivity contribution in [2.24, 2.45) is 5.92 Å². The number of rotatable bonds is 6. The lowest BCUT2D eigenvalue weighted by Crippen LogP contribution is -2.20. The summed E-state index contributed by atoms with van der Waals surface area (Å²) >= 11 is 0. The maximum Gasteiger partial charge on any atom is 0.306 e. The quantitative estimate of drug-likeness (QED) is 0.793. The summed E-state index contributed by atoms with van der Waals surface area (Å²) in [6, 6.07) is 4.34. The summed E-state index contributed by atoms with van der Waals surface area (Å²) in [6.45, 7) is 2.22. The minimum atomic E-state index is -0.636. The molecule has 1 heterocycles. The van der Waals surface area contributed by atoms with E-state index < -0.39 is 5.97 Å². The highest BCUT2D eigenvalue weighted by atomic mass is 16.4. The van der Waals surface area contributed by atoms with Crippen molar-refractivity contribution in [1.82, 2.24) is 4.98 Å². The van der Waals surface area contributed by atoms with Crippen LogP contribution in [0.4, 0.5) is 0 Å². The Morgan fingerprint density at radius 3 is 2.55 bits per heavy atom. The average Bonchev–Trinajstić information content (AvgIpc) is 2.48. The van der Waals surface area contributed by atoms with Gasteiger partial charge in [-0.3, -0.25) is 9.78 Å². The second kappa shape index (κ2) is 7.41. The zero-order valence-electron chi connectivity index (χ0n) is 12.3. The van der Waals surface area contributed by atoms with Crippen LogP contribution in [-0.4, -0.2) is 16.1 Å². The predicted molar refractivity (Wildman–Crippen MR) is 79.8 cm³/mol. The third kappa shape index (κ3) is 4.06. The molecule has 0 atom stereocenters. The lowest BCUT2D eigenvalue weighted by molar-refractivity contribution is -0.142. The second-order valence-electron chi connectivity index (χ2n) is 5.94. The molecular formula is C17H25NO2. The molecule has 1 aliphatic rings. The number of aryl methyl sites for hydroxylation is 1. The number of aliphatic carboxylic acids is 1. The monoisotopic (exact) mass is 275 g/mol. The van der Waals surface area contributed by atoms with Gasteiger partial charge in [-0.25, -0.2) is 0 Å². The minimum Gasteiger partial charge on any atom is -0.481 e. The van der Waals surface area contributed by atoms with Crippen LogP contribution in [0.25, 0.3) is 0 Å². The number of carboxylic acids is 1. The van der Waals surface area contributed by atoms with E-state index in [1.54, 1.807) is 0 Å². The van der Waals surface area contributed by atoms with Gasteiger partial charge in [0, 0.05) is 17.8 Å². The van der Waals surface area contributed by atoms with Crippen molar-refractivity contribution in [3.05, 3.63) is 29.6 Å². The fourth-order valence-electron chi connectivity index (χ4n) is 3.04. The fraction of sp³-hybridized carbons (Fsp3) is 0.647. The first-order valence-electron chi connectivity index (χ1n) is 7.88. The first-order valence-corrected chi connectivity index (χ1v) is 7.88. The number of hydrogen-bond donors (Lipinski definition) is 1. The van der Waals surface area contributed by atoms with E-state index in [9.17, 15) is 4.79 Å². The normalized spacial score (nSPS) is 22.6. The number of unbranched alkanes of at least 4 members (excludes halogenated alkanes) is 2. The molecule has 1 aliphatic carbocycles. The van der Waals surface area contributed by atoms with Crippen LogP contribution in [0.3, 0.4) is 0 Å². The van der Waals surface area contributed by atoms with Crippen LogP contribution in [0.5, 0.6) is 0 Å². The summed E-state index contributed by atoms with van der Waals surface area (Å²) in [5.74, 6) is -0.322. The van der Waals surface area contributed by atoms with Gasteiger partial charge in [0.2, 0.25) is 0 Å². The highest BCUT2D eigenvalue weighted by molar-refractivity contribution is 5.70. The van der Waals surface area contributed by atoms with Crippen molar-refractivity contribution in [1.29, 1.82) is 0 Å². The van der Waals surface area contributed by atoms with Gasteiger partial charge in [0.05, 0.1) is 5.92 Å². The number of carbonyl (C=O) groups is 1. The third-order valence-electron chi connectivity index (χ3n) is 4.41. The fourth-order valence-corrected chi connectivity index (χ4v) is 3.04. The summed E-state index contributed by atoms with van der Waals surface area (Å²) in [5.41, 5.74) is 2.47. The van der Waals surface area contributed by atoms with Crippen molar-refractivity contribution in [3.63, 3.8) is 0 Å². The maximum absolute atomic E-state index is 11.0. The molecule has 0 aliphatic heterocycles. The number of pyridine rings is 1. The molecule has 20 heavy (non-hydrogen) atoms. The summed E-state index contributed by atoms with van der Waals surface area (Å²) in [7, 11) is 0. The standard InChI is InChI=1S/C17H25NO2/c1-2-3-4-5-13-6-11-16(18-12-13)14-7-9-15(10-8-14)17(19)20/h6,11-12,14-15H,2-5,7-10H2,1H3,(H,19,20). The molecule has 3 nitrogen and oxygen atoms in total. The van der Waals surface area contributed by atoms with Crippen LogP contribution in [0.15, 0.2) is 18.3 Å². The molecule has 0 saturated heterocycles. The van der Waals surface area contributed by atoms with Crippen molar-refractivity contribution in [3.8, 4) is 0 Å². The molecule has 1 fully saturated rings. The first-order chi connectivity index (χ1) is 9.70. The highest BCUT2D eigenvalue weighted by Gasteiger charge is 2.27. The maximum atomic E-state index is 11.0. The molecule has 1 saturated carbocycles. The van der Waals surface area contributed by atoms with E-state index in [0.717, 1.165) is 37.8 Å². The molecule has 1 aromatic rings. The molecule has 0 aromatic carbocycles. The molecule has 0 radical (unpaired) electrons. The Morgan fingerprint density at radius 2 is 2.00 bits per heavy atom. The van der Waals surface area contributed by atoms with Gasteiger partial charge >= 0.3 is 5.97 Å². The third-order valence-corrected chi connectivity index (χ3v) is 4.41. The van der Waals surface area contributed by atoms with E-state index in [1.165, 1.54) is 24.8 Å². The van der Waals surface area contributed by atoms with Crippen molar-refractivity contribution >= 4 is 5.97 Å². The van der Waals surface area contributed by atoms with E-state index in [2.05, 4.69) is 24.0 Å². The summed E-state index contributed by atoms with van der Waals surface area (Å²) in [5, 5.41) is 9.02. The second-order valence-corrected chi connectivity index (χ2v) is 5.94. The summed E-state index contributed by atoms with van der Waals surface area (Å²) < 4.78 is 0. The number of aromatic nitrogens is 1. The Labute approximate surface area is 121 Å². The topological polar surface area (TPSA) is 50.2 Å². The van der Waals surface area contributed by atoms with Gasteiger partial charge in [-0.05, 0) is 50.2 Å². The molecule has 1 aromatic heterocycles. The Balaban J connectivity index is 1.86. The lowest BCUT2D eigenvalue weighted by atomic mass is 9.80. The van der Waals surface area contributed by atoms with E-state index in [4.69, 9.17) is 5.11 Å². The number of carboxylic acid groups (broad SMARTS) is 1. The summed E-state index contributed by atoms with van der Waals surface area (Å²) in [6.07, 6.45) is 10.4. The van der Waals surface area contributed by atoms with Crippen molar-refractivity contribution in [2.45, 2.75) is 64.2 Å². The van der Waals surface area contributed by atoms with Crippen LogP contribution in [-0.2, 0) is 11.2 Å². The molecule has 0 unspecified atom stereocenters. The Morgan fingerprint density at radius 1 is 1.25 bits per heavy atom. The van der Waals surface area contributed by atoms with Crippen molar-refractivity contribution < 1.29 is 9.90 Å². The zero-order chi connectivity index (χ0) is 14.4. The molecule has 3 heteroatoms. The summed E-state index contributed by atoms with van der Waals surface area (Å²) in [4.78, 5) is 15.6. The number of hydrogen-bond acceptors (Lipinski definition) is 2. The minimum absolute atomic E-state index is 0.139. The van der Waals surface area contributed by atoms with E-state index in [0.29, 0.717) is 5.92 Å². The molecular weight excluding hydrogens is 250 g/mol. The largest absolute Gasteiger partial charge is 0.481 e. The molecule has 0 bridgehead atoms. The molecule has 110 valence electrons. The molecule has 0 amide bonds. The van der Waals surface area contributed by atoms with Gasteiger partial charge in [-0.15, -0.1) is 0 Å². The number of nitrogens with zero attached hydrogens (tertiary/aromatic N) is 1. The first kappa shape index (κ1) is 15.0. The molecule has 1 N–H and O–H groups in total. The van der Waals surface area contributed by atoms with Gasteiger partial charge in [-0.2, -0.15) is 0 Å². The van der Waals surface area contributed by atoms with Gasteiger partial charge in [-0.1, -0.05) is 25.8 Å². The van der Waals surface area contributed by atoms with Crippen LogP contribution in [0, 0.1) is 5.92 Å². The lowest BCUT2D eigenvalue weighted by Gasteiger charge is -2.25. The zero-order valence-corrected chi connectivity index (χ0v) is 12.3. The van der Waals surface area contributed by atoms with Crippen LogP contribution >= 0.6 is 0 Å². The van der Waals surface area contributed by atoms with Crippen molar-refractivity contribution in [2.75, 3.05) is 0 Å². The average molecular weight is 275 g/mol. The highest BCUT2D eigenvalue weighted by Crippen LogP contribution is 2.34. The van der Waals surface area contributed by atoms with E-state index >= 15 is 0 Å². The van der Waals surface area contributed by atoms with Gasteiger partial charge in [0.15, 0.2) is 0 Å². The SMILES string of the molecule is CCCCCc1ccc(C2CCC(C(=O)O)CC2)nc1. The van der Waals surface area contributed by atoms with E-state index in [1.807, 2.05) is 6.20 Å². The van der Waals surface area contributed by atoms with Gasteiger partial charge in [0.1, 0.15) is 0 Å². The Hall–Kier alpha value is -1.38. The van der Waals surface area contributed by atoms with Crippen LogP contribution in [0.2, 0.25) is 0 Å². The predicted octanol–water partition coefficient (Wildman–Crippen LogP) is 4.17. The smallest absolute Gasteiger partial charge is 0.306 e.